The van der Waals surface area contributed by atoms with Crippen LogP contribution in [0.1, 0.15) is 31.9 Å². The summed E-state index contributed by atoms with van der Waals surface area (Å²) in [6.07, 6.45) is -2.90. The lowest BCUT2D eigenvalue weighted by Crippen LogP contribution is -2.58. The number of nitrogens with zero attached hydrogens (tertiary/aromatic N) is 1. The zero-order valence-electron chi connectivity index (χ0n) is 21.1. The van der Waals surface area contributed by atoms with E-state index in [1.807, 2.05) is 0 Å². The SMILES string of the molecule is COCOc1c(C(/C=C/c2ccccc2)(N[S@+]([O-])C(C)(C)C)C(F)(F)F)cc(Cl)nc1-c1ccc(F)cc1. The second kappa shape index (κ2) is 12.0. The summed E-state index contributed by atoms with van der Waals surface area (Å²) in [7, 11) is 1.31. The monoisotopic (exact) mass is 570 g/mol. The summed E-state index contributed by atoms with van der Waals surface area (Å²) in [6, 6.07) is 14.3. The molecule has 0 spiro atoms. The van der Waals surface area contributed by atoms with Crippen LogP contribution in [0.5, 0.6) is 5.75 Å². The van der Waals surface area contributed by atoms with Crippen LogP contribution in [0.3, 0.4) is 0 Å². The van der Waals surface area contributed by atoms with E-state index in [9.17, 15) is 8.94 Å². The standard InChI is InChI=1S/C27H27ClF4N2O3S/c1-25(2,3)38(35)34-26(27(30,31)32,15-14-18-8-6-5-7-9-18)21-16-22(28)33-23(24(21)37-17-36-4)19-10-12-20(29)13-11-19/h5-16,34H,17H2,1-4H3/b15-14+/t26?,38-/m1/s1. The van der Waals surface area contributed by atoms with Gasteiger partial charge in [0.05, 0.1) is 0 Å². The molecule has 38 heavy (non-hydrogen) atoms. The summed E-state index contributed by atoms with van der Waals surface area (Å²) in [5, 5.41) is -0.283. The fourth-order valence-electron chi connectivity index (χ4n) is 3.43. The quantitative estimate of drug-likeness (QED) is 0.129. The first-order valence-corrected chi connectivity index (χ1v) is 12.9. The molecular weight excluding hydrogens is 544 g/mol. The van der Waals surface area contributed by atoms with Gasteiger partial charge in [-0.25, -0.2) is 9.37 Å². The van der Waals surface area contributed by atoms with E-state index in [0.717, 1.165) is 24.3 Å². The zero-order chi connectivity index (χ0) is 28.1. The Bertz CT molecular complexity index is 1250. The number of nitrogens with one attached hydrogen (secondary N) is 1. The second-order valence-electron chi connectivity index (χ2n) is 9.26. The van der Waals surface area contributed by atoms with E-state index >= 15 is 13.2 Å². The highest BCUT2D eigenvalue weighted by molar-refractivity contribution is 7.90. The lowest BCUT2D eigenvalue weighted by molar-refractivity contribution is -0.179. The van der Waals surface area contributed by atoms with Crippen molar-refractivity contribution in [3.63, 3.8) is 0 Å². The highest BCUT2D eigenvalue weighted by Crippen LogP contribution is 2.48. The summed E-state index contributed by atoms with van der Waals surface area (Å²) in [5.74, 6) is -0.871. The van der Waals surface area contributed by atoms with Crippen molar-refractivity contribution in [3.8, 4) is 17.0 Å². The van der Waals surface area contributed by atoms with Crippen LogP contribution in [0.15, 0.2) is 66.7 Å². The number of aromatic nitrogens is 1. The Hall–Kier alpha value is -2.63. The molecule has 0 saturated heterocycles. The van der Waals surface area contributed by atoms with Crippen LogP contribution >= 0.6 is 11.6 Å². The number of hydrogen-bond donors (Lipinski definition) is 1. The maximum absolute atomic E-state index is 15.3. The van der Waals surface area contributed by atoms with Gasteiger partial charge in [0.2, 0.25) is 5.54 Å². The molecule has 1 N–H and O–H groups in total. The van der Waals surface area contributed by atoms with Crippen molar-refractivity contribution < 1.29 is 31.6 Å². The van der Waals surface area contributed by atoms with Gasteiger partial charge in [-0.1, -0.05) is 48.0 Å². The van der Waals surface area contributed by atoms with E-state index in [2.05, 4.69) is 9.71 Å². The number of ether oxygens (including phenoxy) is 2. The Balaban J connectivity index is 2.40. The lowest BCUT2D eigenvalue weighted by Gasteiger charge is -2.38. The van der Waals surface area contributed by atoms with Gasteiger partial charge in [-0.2, -0.15) is 13.2 Å². The zero-order valence-corrected chi connectivity index (χ0v) is 22.7. The van der Waals surface area contributed by atoms with Crippen LogP contribution in [0, 0.1) is 5.82 Å². The molecule has 0 amide bonds. The smallest absolute Gasteiger partial charge is 0.418 e. The Morgan fingerprint density at radius 2 is 1.68 bits per heavy atom. The molecule has 0 aliphatic carbocycles. The molecule has 0 radical (unpaired) electrons. The minimum Gasteiger partial charge on any atom is -0.598 e. The lowest BCUT2D eigenvalue weighted by atomic mass is 9.87. The van der Waals surface area contributed by atoms with Gasteiger partial charge in [0.15, 0.2) is 12.5 Å². The average molecular weight is 571 g/mol. The largest absolute Gasteiger partial charge is 0.598 e. The molecule has 0 aliphatic rings. The van der Waals surface area contributed by atoms with Gasteiger partial charge in [0.1, 0.15) is 21.4 Å². The first-order valence-electron chi connectivity index (χ1n) is 11.4. The summed E-state index contributed by atoms with van der Waals surface area (Å²) in [6.45, 7) is 4.21. The summed E-state index contributed by atoms with van der Waals surface area (Å²) in [4.78, 5) is 4.20. The number of alkyl halides is 3. The van der Waals surface area contributed by atoms with Gasteiger partial charge >= 0.3 is 6.18 Å². The number of methoxy groups -OCH3 is 1. The molecule has 2 atom stereocenters. The second-order valence-corrected chi connectivity index (χ2v) is 11.6. The molecular formula is C27H27ClF4N2O3S. The third-order valence-corrected chi connectivity index (χ3v) is 7.20. The van der Waals surface area contributed by atoms with Gasteiger partial charge in [-0.15, -0.1) is 4.72 Å². The number of benzene rings is 2. The fourth-order valence-corrected chi connectivity index (χ4v) is 4.52. The van der Waals surface area contributed by atoms with E-state index in [1.54, 1.807) is 51.1 Å². The van der Waals surface area contributed by atoms with Crippen LogP contribution in [0.4, 0.5) is 17.6 Å². The Morgan fingerprint density at radius 1 is 1.05 bits per heavy atom. The Morgan fingerprint density at radius 3 is 2.24 bits per heavy atom. The minimum atomic E-state index is -5.05. The van der Waals surface area contributed by atoms with Gasteiger partial charge in [-0.3, -0.25) is 0 Å². The number of rotatable bonds is 9. The van der Waals surface area contributed by atoms with Crippen LogP contribution in [-0.2, 0) is 21.6 Å². The molecule has 2 aromatic carbocycles. The third kappa shape index (κ3) is 6.86. The van der Waals surface area contributed by atoms with E-state index in [4.69, 9.17) is 21.1 Å². The molecule has 0 bridgehead atoms. The molecule has 0 saturated carbocycles. The van der Waals surface area contributed by atoms with Crippen molar-refractivity contribution in [2.75, 3.05) is 13.9 Å². The minimum absolute atomic E-state index is 0.0744. The molecule has 1 unspecified atom stereocenters. The topological polar surface area (TPSA) is 66.4 Å². The maximum atomic E-state index is 15.3. The molecule has 3 aromatic rings. The van der Waals surface area contributed by atoms with Gasteiger partial charge in [-0.05, 0) is 62.7 Å². The number of pyridine rings is 1. The fraction of sp³-hybridized carbons (Fsp3) is 0.296. The van der Waals surface area contributed by atoms with Gasteiger partial charge in [0, 0.05) is 29.6 Å². The van der Waals surface area contributed by atoms with Crippen molar-refractivity contribution in [2.45, 2.75) is 37.2 Å². The first kappa shape index (κ1) is 29.9. The van der Waals surface area contributed by atoms with Crippen LogP contribution in [0.2, 0.25) is 5.15 Å². The molecule has 0 aliphatic heterocycles. The van der Waals surface area contributed by atoms with Crippen molar-refractivity contribution >= 4 is 29.0 Å². The van der Waals surface area contributed by atoms with E-state index in [1.165, 1.54) is 25.3 Å². The molecule has 1 aromatic heterocycles. The van der Waals surface area contributed by atoms with Gasteiger partial charge in [0.25, 0.3) is 0 Å². The normalized spacial score (nSPS) is 14.9. The third-order valence-electron chi connectivity index (χ3n) is 5.39. The molecule has 3 rings (SSSR count). The number of hydrogen-bond acceptors (Lipinski definition) is 5. The molecule has 0 fully saturated rings. The summed E-state index contributed by atoms with van der Waals surface area (Å²) >= 11 is 4.06. The van der Waals surface area contributed by atoms with E-state index < -0.39 is 46.0 Å². The first-order chi connectivity index (χ1) is 17.8. The Labute approximate surface area is 227 Å². The summed E-state index contributed by atoms with van der Waals surface area (Å²) < 4.78 is 84.6. The molecule has 5 nitrogen and oxygen atoms in total. The maximum Gasteiger partial charge on any atom is 0.418 e. The van der Waals surface area contributed by atoms with Gasteiger partial charge < -0.3 is 14.0 Å². The average Bonchev–Trinajstić information content (AvgIpc) is 2.85. The summed E-state index contributed by atoms with van der Waals surface area (Å²) in [5.41, 5.74) is -2.89. The van der Waals surface area contributed by atoms with E-state index in [0.29, 0.717) is 5.56 Å². The van der Waals surface area contributed by atoms with Crippen molar-refractivity contribution in [1.29, 1.82) is 0 Å². The van der Waals surface area contributed by atoms with Crippen LogP contribution in [0.25, 0.3) is 17.3 Å². The van der Waals surface area contributed by atoms with E-state index in [-0.39, 0.29) is 22.2 Å². The molecule has 1 heterocycles. The van der Waals surface area contributed by atoms with Crippen LogP contribution in [-0.4, -0.2) is 34.4 Å². The molecule has 204 valence electrons. The predicted octanol–water partition coefficient (Wildman–Crippen LogP) is 7.05. The van der Waals surface area contributed by atoms with Crippen molar-refractivity contribution in [1.82, 2.24) is 9.71 Å². The highest BCUT2D eigenvalue weighted by atomic mass is 35.5. The van der Waals surface area contributed by atoms with Crippen molar-refractivity contribution in [3.05, 3.63) is 88.8 Å². The number of halogens is 5. The van der Waals surface area contributed by atoms with Crippen LogP contribution < -0.4 is 9.46 Å². The van der Waals surface area contributed by atoms with Crippen molar-refractivity contribution in [2.24, 2.45) is 0 Å². The predicted molar refractivity (Wildman–Crippen MR) is 141 cm³/mol. The highest BCUT2D eigenvalue weighted by Gasteiger charge is 2.60. The molecule has 11 heteroatoms. The Kier molecular flexibility index (Phi) is 9.48.